The van der Waals surface area contributed by atoms with Crippen LogP contribution in [0.3, 0.4) is 0 Å². The number of carbonyl (C=O) groups excluding carboxylic acids is 1. The van der Waals surface area contributed by atoms with Crippen molar-refractivity contribution in [3.63, 3.8) is 0 Å². The molecular weight excluding hydrogens is 326 g/mol. The van der Waals surface area contributed by atoms with E-state index >= 15 is 0 Å². The Hall–Kier alpha value is -3.15. The third kappa shape index (κ3) is 2.94. The van der Waals surface area contributed by atoms with Gasteiger partial charge in [-0.15, -0.1) is 10.2 Å². The zero-order valence-corrected chi connectivity index (χ0v) is 14.9. The number of aryl methyl sites for hydroxylation is 1. The molecule has 132 valence electrons. The largest absolute Gasteiger partial charge is 0.328 e. The van der Waals surface area contributed by atoms with Gasteiger partial charge in [0.05, 0.1) is 6.04 Å². The van der Waals surface area contributed by atoms with Gasteiger partial charge in [0.15, 0.2) is 5.82 Å². The van der Waals surface area contributed by atoms with Gasteiger partial charge in [0, 0.05) is 20.1 Å². The van der Waals surface area contributed by atoms with Gasteiger partial charge in [-0.05, 0) is 29.2 Å². The lowest BCUT2D eigenvalue weighted by Crippen LogP contribution is -2.40. The molecule has 0 spiro atoms. The Morgan fingerprint density at radius 2 is 1.62 bits per heavy atom. The van der Waals surface area contributed by atoms with E-state index in [1.807, 2.05) is 47.7 Å². The second-order valence-corrected chi connectivity index (χ2v) is 6.64. The van der Waals surface area contributed by atoms with Gasteiger partial charge in [-0.3, -0.25) is 0 Å². The van der Waals surface area contributed by atoms with E-state index in [-0.39, 0.29) is 12.1 Å². The molecule has 1 unspecified atom stereocenters. The van der Waals surface area contributed by atoms with E-state index < -0.39 is 0 Å². The molecule has 1 aliphatic heterocycles. The zero-order chi connectivity index (χ0) is 18.1. The van der Waals surface area contributed by atoms with Crippen LogP contribution in [0.2, 0.25) is 0 Å². The molecule has 2 aromatic carbocycles. The number of nitrogens with one attached hydrogen (secondary N) is 1. The highest BCUT2D eigenvalue weighted by atomic mass is 16.2. The molecule has 1 aromatic heterocycles. The monoisotopic (exact) mass is 347 g/mol. The van der Waals surface area contributed by atoms with Crippen molar-refractivity contribution in [1.29, 1.82) is 0 Å². The Kier molecular flexibility index (Phi) is 4.16. The van der Waals surface area contributed by atoms with Crippen LogP contribution in [0.4, 0.5) is 4.79 Å². The van der Waals surface area contributed by atoms with E-state index in [2.05, 4.69) is 39.8 Å². The van der Waals surface area contributed by atoms with Crippen molar-refractivity contribution >= 4 is 6.03 Å². The van der Waals surface area contributed by atoms with Crippen LogP contribution in [0, 0.1) is 0 Å². The van der Waals surface area contributed by atoms with Gasteiger partial charge in [0.25, 0.3) is 0 Å². The lowest BCUT2D eigenvalue weighted by atomic mass is 9.97. The van der Waals surface area contributed by atoms with Crippen molar-refractivity contribution in [2.75, 3.05) is 0 Å². The predicted octanol–water partition coefficient (Wildman–Crippen LogP) is 3.27. The minimum atomic E-state index is -0.219. The van der Waals surface area contributed by atoms with E-state index in [0.717, 1.165) is 17.0 Å². The van der Waals surface area contributed by atoms with E-state index in [0.29, 0.717) is 13.1 Å². The van der Waals surface area contributed by atoms with Gasteiger partial charge in [0.1, 0.15) is 6.33 Å². The molecule has 4 rings (SSSR count). The fourth-order valence-electron chi connectivity index (χ4n) is 3.48. The highest BCUT2D eigenvalue weighted by molar-refractivity contribution is 5.78. The van der Waals surface area contributed by atoms with Crippen LogP contribution in [0.15, 0.2) is 54.9 Å². The van der Waals surface area contributed by atoms with Crippen molar-refractivity contribution < 1.29 is 4.79 Å². The first-order valence-corrected chi connectivity index (χ1v) is 8.69. The van der Waals surface area contributed by atoms with Crippen LogP contribution in [0.5, 0.6) is 0 Å². The smallest absolute Gasteiger partial charge is 0.318 e. The first-order valence-electron chi connectivity index (χ1n) is 8.69. The summed E-state index contributed by atoms with van der Waals surface area (Å²) < 4.78 is 1.82. The molecule has 0 aliphatic carbocycles. The number of rotatable bonds is 2. The molecule has 26 heavy (non-hydrogen) atoms. The van der Waals surface area contributed by atoms with Gasteiger partial charge in [0.2, 0.25) is 0 Å². The predicted molar refractivity (Wildman–Crippen MR) is 99.1 cm³/mol. The third-order valence-corrected chi connectivity index (χ3v) is 4.81. The summed E-state index contributed by atoms with van der Waals surface area (Å²) in [5.41, 5.74) is 4.69. The minimum Gasteiger partial charge on any atom is -0.328 e. The fraction of sp³-hybridized carbons (Fsp3) is 0.250. The number of nitrogens with zero attached hydrogens (tertiary/aromatic N) is 4. The average Bonchev–Trinajstić information content (AvgIpc) is 3.00. The molecule has 1 N–H and O–H groups in total. The summed E-state index contributed by atoms with van der Waals surface area (Å²) >= 11 is 0. The summed E-state index contributed by atoms with van der Waals surface area (Å²) in [5, 5.41) is 11.0. The molecule has 1 aliphatic rings. The van der Waals surface area contributed by atoms with Crippen molar-refractivity contribution in [3.8, 4) is 11.1 Å². The lowest BCUT2D eigenvalue weighted by Gasteiger charge is -2.24. The van der Waals surface area contributed by atoms with Gasteiger partial charge >= 0.3 is 6.03 Å². The SMILES string of the molecule is CC(NC(=O)N1Cc2ccccc2-c2ccccc2C1)c1nncn1C. The summed E-state index contributed by atoms with van der Waals surface area (Å²) in [5.74, 6) is 0.731. The normalized spacial score (nSPS) is 14.2. The molecule has 2 heterocycles. The molecule has 6 nitrogen and oxygen atoms in total. The molecule has 3 aromatic rings. The number of hydrogen-bond acceptors (Lipinski definition) is 3. The molecule has 0 bridgehead atoms. The number of aromatic nitrogens is 3. The van der Waals surface area contributed by atoms with Crippen LogP contribution in [0.25, 0.3) is 11.1 Å². The van der Waals surface area contributed by atoms with E-state index in [1.54, 1.807) is 6.33 Å². The second kappa shape index (κ2) is 6.63. The van der Waals surface area contributed by atoms with Gasteiger partial charge in [-0.1, -0.05) is 48.5 Å². The van der Waals surface area contributed by atoms with Crippen LogP contribution in [-0.4, -0.2) is 25.7 Å². The Morgan fingerprint density at radius 3 is 2.15 bits per heavy atom. The summed E-state index contributed by atoms with van der Waals surface area (Å²) in [7, 11) is 1.87. The van der Waals surface area contributed by atoms with E-state index in [4.69, 9.17) is 0 Å². The maximum atomic E-state index is 12.9. The zero-order valence-electron chi connectivity index (χ0n) is 14.9. The molecule has 0 saturated carbocycles. The molecule has 0 saturated heterocycles. The lowest BCUT2D eigenvalue weighted by molar-refractivity contribution is 0.189. The fourth-order valence-corrected chi connectivity index (χ4v) is 3.48. The standard InChI is InChI=1S/C20H21N5O/c1-14(19-23-21-13-24(19)2)22-20(26)25-11-15-7-3-5-9-17(15)18-10-6-4-8-16(18)12-25/h3-10,13-14H,11-12H2,1-2H3,(H,22,26). The number of urea groups is 1. The Bertz CT molecular complexity index is 901. The highest BCUT2D eigenvalue weighted by Gasteiger charge is 2.24. The third-order valence-electron chi connectivity index (χ3n) is 4.81. The van der Waals surface area contributed by atoms with Crippen LogP contribution < -0.4 is 5.32 Å². The number of amides is 2. The summed E-state index contributed by atoms with van der Waals surface area (Å²) in [6.45, 7) is 3.06. The first-order chi connectivity index (χ1) is 12.6. The molecule has 6 heteroatoms. The van der Waals surface area contributed by atoms with Crippen molar-refractivity contribution in [3.05, 3.63) is 71.8 Å². The van der Waals surface area contributed by atoms with Crippen molar-refractivity contribution in [2.45, 2.75) is 26.1 Å². The summed E-state index contributed by atoms with van der Waals surface area (Å²) in [6.07, 6.45) is 1.64. The summed E-state index contributed by atoms with van der Waals surface area (Å²) in [4.78, 5) is 14.8. The topological polar surface area (TPSA) is 63.1 Å². The number of carbonyl (C=O) groups is 1. The van der Waals surface area contributed by atoms with Crippen molar-refractivity contribution in [2.24, 2.45) is 7.05 Å². The van der Waals surface area contributed by atoms with Gasteiger partial charge in [-0.25, -0.2) is 4.79 Å². The Labute approximate surface area is 152 Å². The number of benzene rings is 2. The Balaban J connectivity index is 1.62. The van der Waals surface area contributed by atoms with E-state index in [1.165, 1.54) is 11.1 Å². The molecule has 1 atom stereocenters. The average molecular weight is 347 g/mol. The maximum absolute atomic E-state index is 12.9. The number of fused-ring (bicyclic) bond motifs is 3. The molecular formula is C20H21N5O. The highest BCUT2D eigenvalue weighted by Crippen LogP contribution is 2.32. The maximum Gasteiger partial charge on any atom is 0.318 e. The number of hydrogen-bond donors (Lipinski definition) is 1. The summed E-state index contributed by atoms with van der Waals surface area (Å²) in [6, 6.07) is 16.2. The second-order valence-electron chi connectivity index (χ2n) is 6.64. The van der Waals surface area contributed by atoms with Crippen molar-refractivity contribution in [1.82, 2.24) is 25.0 Å². The van der Waals surface area contributed by atoms with Gasteiger partial charge in [-0.2, -0.15) is 0 Å². The molecule has 2 amide bonds. The van der Waals surface area contributed by atoms with Crippen LogP contribution >= 0.6 is 0 Å². The molecule has 0 radical (unpaired) electrons. The quantitative estimate of drug-likeness (QED) is 0.774. The van der Waals surface area contributed by atoms with Gasteiger partial charge < -0.3 is 14.8 Å². The van der Waals surface area contributed by atoms with Crippen LogP contribution in [0.1, 0.15) is 29.9 Å². The first kappa shape index (κ1) is 16.3. The Morgan fingerprint density at radius 1 is 1.04 bits per heavy atom. The minimum absolute atomic E-state index is 0.105. The van der Waals surface area contributed by atoms with Crippen LogP contribution in [-0.2, 0) is 20.1 Å². The molecule has 0 fully saturated rings. The van der Waals surface area contributed by atoms with E-state index in [9.17, 15) is 4.79 Å².